The summed E-state index contributed by atoms with van der Waals surface area (Å²) >= 11 is 12.4. The van der Waals surface area contributed by atoms with Crippen LogP contribution in [0.2, 0.25) is 5.02 Å². The summed E-state index contributed by atoms with van der Waals surface area (Å²) < 4.78 is 23.8. The molecule has 3 rings (SSSR count). The van der Waals surface area contributed by atoms with Gasteiger partial charge in [-0.15, -0.1) is 0 Å². The SMILES string of the molecule is CC1CC(=O)C(C(=O)c2ccc3c(c2Cl)CCS3(=O)=O)=C(Cl)C1. The molecular weight excluding hydrogens is 359 g/mol. The van der Waals surface area contributed by atoms with Gasteiger partial charge >= 0.3 is 0 Å². The molecule has 7 heteroatoms. The van der Waals surface area contributed by atoms with Crippen molar-refractivity contribution in [3.63, 3.8) is 0 Å². The smallest absolute Gasteiger partial charge is 0.199 e. The Morgan fingerprint density at radius 3 is 2.57 bits per heavy atom. The van der Waals surface area contributed by atoms with Gasteiger partial charge in [-0.05, 0) is 36.5 Å². The first-order valence-electron chi connectivity index (χ1n) is 7.23. The molecule has 1 aromatic carbocycles. The minimum atomic E-state index is -3.33. The average molecular weight is 373 g/mol. The maximum absolute atomic E-state index is 12.7. The van der Waals surface area contributed by atoms with E-state index in [9.17, 15) is 18.0 Å². The van der Waals surface area contributed by atoms with Gasteiger partial charge in [-0.1, -0.05) is 30.1 Å². The second-order valence-electron chi connectivity index (χ2n) is 6.02. The molecule has 1 unspecified atom stereocenters. The van der Waals surface area contributed by atoms with E-state index in [1.54, 1.807) is 0 Å². The first kappa shape index (κ1) is 16.7. The summed E-state index contributed by atoms with van der Waals surface area (Å²) in [5.41, 5.74) is 0.567. The van der Waals surface area contributed by atoms with Crippen LogP contribution in [0.5, 0.6) is 0 Å². The molecule has 0 radical (unpaired) electrons. The van der Waals surface area contributed by atoms with Crippen LogP contribution < -0.4 is 0 Å². The van der Waals surface area contributed by atoms with Gasteiger partial charge in [0.25, 0.3) is 0 Å². The third kappa shape index (κ3) is 2.75. The van der Waals surface area contributed by atoms with Gasteiger partial charge in [0.2, 0.25) is 0 Å². The third-order valence-electron chi connectivity index (χ3n) is 4.24. The number of hydrogen-bond donors (Lipinski definition) is 0. The molecule has 0 N–H and O–H groups in total. The Morgan fingerprint density at radius 2 is 1.91 bits per heavy atom. The fourth-order valence-corrected chi connectivity index (χ4v) is 5.49. The molecule has 0 fully saturated rings. The van der Waals surface area contributed by atoms with Crippen LogP contribution in [-0.2, 0) is 21.1 Å². The van der Waals surface area contributed by atoms with Crippen LogP contribution in [0.4, 0.5) is 0 Å². The lowest BCUT2D eigenvalue weighted by Crippen LogP contribution is -2.22. The zero-order valence-electron chi connectivity index (χ0n) is 12.4. The summed E-state index contributed by atoms with van der Waals surface area (Å²) in [7, 11) is -3.33. The number of hydrogen-bond acceptors (Lipinski definition) is 4. The highest BCUT2D eigenvalue weighted by molar-refractivity contribution is 7.91. The van der Waals surface area contributed by atoms with Crippen LogP contribution in [0.3, 0.4) is 0 Å². The second kappa shape index (κ2) is 5.72. The normalized spacial score (nSPS) is 23.1. The van der Waals surface area contributed by atoms with E-state index in [1.807, 2.05) is 6.92 Å². The molecule has 2 aliphatic rings. The number of fused-ring (bicyclic) bond motifs is 1. The van der Waals surface area contributed by atoms with E-state index in [4.69, 9.17) is 23.2 Å². The van der Waals surface area contributed by atoms with Crippen molar-refractivity contribution in [3.8, 4) is 0 Å². The molecule has 4 nitrogen and oxygen atoms in total. The number of halogens is 2. The van der Waals surface area contributed by atoms with Gasteiger partial charge in [0, 0.05) is 17.0 Å². The van der Waals surface area contributed by atoms with Crippen molar-refractivity contribution in [2.24, 2.45) is 5.92 Å². The molecular formula is C16H14Cl2O4S. The lowest BCUT2D eigenvalue weighted by atomic mass is 9.86. The number of carbonyl (C=O) groups excluding carboxylic acids is 2. The van der Waals surface area contributed by atoms with E-state index in [0.29, 0.717) is 12.0 Å². The van der Waals surface area contributed by atoms with Crippen LogP contribution in [0, 0.1) is 5.92 Å². The van der Waals surface area contributed by atoms with Crippen molar-refractivity contribution in [2.75, 3.05) is 5.75 Å². The summed E-state index contributed by atoms with van der Waals surface area (Å²) in [6.45, 7) is 1.90. The molecule has 23 heavy (non-hydrogen) atoms. The van der Waals surface area contributed by atoms with Crippen molar-refractivity contribution < 1.29 is 18.0 Å². The maximum atomic E-state index is 12.7. The van der Waals surface area contributed by atoms with E-state index >= 15 is 0 Å². The molecule has 0 bridgehead atoms. The van der Waals surface area contributed by atoms with E-state index in [1.165, 1.54) is 12.1 Å². The molecule has 122 valence electrons. The fourth-order valence-electron chi connectivity index (χ4n) is 3.08. The number of ketones is 2. The van der Waals surface area contributed by atoms with Gasteiger partial charge < -0.3 is 0 Å². The minimum absolute atomic E-state index is 0.0143. The maximum Gasteiger partial charge on any atom is 0.199 e. The van der Waals surface area contributed by atoms with Crippen molar-refractivity contribution in [3.05, 3.63) is 38.9 Å². The quantitative estimate of drug-likeness (QED) is 0.589. The molecule has 0 aromatic heterocycles. The predicted molar refractivity (Wildman–Crippen MR) is 87.8 cm³/mol. The first-order valence-corrected chi connectivity index (χ1v) is 9.64. The van der Waals surface area contributed by atoms with Crippen molar-refractivity contribution in [1.29, 1.82) is 0 Å². The van der Waals surface area contributed by atoms with Gasteiger partial charge in [-0.2, -0.15) is 0 Å². The molecule has 0 spiro atoms. The van der Waals surface area contributed by atoms with Gasteiger partial charge in [0.15, 0.2) is 21.4 Å². The Morgan fingerprint density at radius 1 is 1.22 bits per heavy atom. The first-order chi connectivity index (χ1) is 10.7. The summed E-state index contributed by atoms with van der Waals surface area (Å²) in [5, 5.41) is 0.361. The third-order valence-corrected chi connectivity index (χ3v) is 6.81. The molecule has 1 aromatic rings. The molecule has 0 saturated heterocycles. The highest BCUT2D eigenvalue weighted by Gasteiger charge is 2.34. The Balaban J connectivity index is 2.09. The van der Waals surface area contributed by atoms with E-state index in [2.05, 4.69) is 0 Å². The molecule has 1 atom stereocenters. The Hall–Kier alpha value is -1.17. The van der Waals surface area contributed by atoms with Gasteiger partial charge in [-0.25, -0.2) is 8.42 Å². The monoisotopic (exact) mass is 372 g/mol. The Bertz CT molecular complexity index is 868. The van der Waals surface area contributed by atoms with E-state index in [-0.39, 0.29) is 56.4 Å². The van der Waals surface area contributed by atoms with Crippen molar-refractivity contribution >= 4 is 44.6 Å². The van der Waals surface area contributed by atoms with Gasteiger partial charge in [-0.3, -0.25) is 9.59 Å². The van der Waals surface area contributed by atoms with Crippen LogP contribution in [-0.4, -0.2) is 25.7 Å². The fraction of sp³-hybridized carbons (Fsp3) is 0.375. The molecule has 1 aliphatic heterocycles. The topological polar surface area (TPSA) is 68.3 Å². The van der Waals surface area contributed by atoms with Crippen LogP contribution in [0.15, 0.2) is 27.6 Å². The summed E-state index contributed by atoms with van der Waals surface area (Å²) in [5.74, 6) is -0.723. The highest BCUT2D eigenvalue weighted by Crippen LogP contribution is 2.37. The van der Waals surface area contributed by atoms with E-state index < -0.39 is 15.6 Å². The standard InChI is InChI=1S/C16H14Cl2O4S/c1-8-6-11(17)14(12(19)7-8)16(20)10-2-3-13-9(15(10)18)4-5-23(13,21)22/h2-3,8H,4-7H2,1H3. The molecule has 1 heterocycles. The van der Waals surface area contributed by atoms with Crippen LogP contribution >= 0.6 is 23.2 Å². The number of allylic oxidation sites excluding steroid dienone is 2. The lowest BCUT2D eigenvalue weighted by molar-refractivity contribution is -0.116. The molecule has 0 saturated carbocycles. The Labute approximate surface area is 144 Å². The van der Waals surface area contributed by atoms with E-state index in [0.717, 1.165) is 0 Å². The summed E-state index contributed by atoms with van der Waals surface area (Å²) in [6, 6.07) is 2.76. The molecule has 0 amide bonds. The average Bonchev–Trinajstić information content (AvgIpc) is 2.74. The Kier molecular flexibility index (Phi) is 4.15. The zero-order valence-corrected chi connectivity index (χ0v) is 14.7. The van der Waals surface area contributed by atoms with Gasteiger partial charge in [0.1, 0.15) is 0 Å². The largest absolute Gasteiger partial charge is 0.294 e. The van der Waals surface area contributed by atoms with Crippen molar-refractivity contribution in [1.82, 2.24) is 0 Å². The van der Waals surface area contributed by atoms with Crippen molar-refractivity contribution in [2.45, 2.75) is 31.1 Å². The van der Waals surface area contributed by atoms with Crippen LogP contribution in [0.1, 0.15) is 35.7 Å². The summed E-state index contributed by atoms with van der Waals surface area (Å²) in [4.78, 5) is 25.1. The predicted octanol–water partition coefficient (Wildman–Crippen LogP) is 3.34. The highest BCUT2D eigenvalue weighted by atomic mass is 35.5. The lowest BCUT2D eigenvalue weighted by Gasteiger charge is -2.20. The number of sulfone groups is 1. The van der Waals surface area contributed by atoms with Gasteiger partial charge in [0.05, 0.1) is 21.2 Å². The molecule has 1 aliphatic carbocycles. The number of Topliss-reactive ketones (excluding diaryl/α,β-unsaturated/α-hetero) is 2. The zero-order chi connectivity index (χ0) is 16.9. The second-order valence-corrected chi connectivity index (χ2v) is 8.93. The number of benzene rings is 1. The number of carbonyl (C=O) groups is 2. The number of rotatable bonds is 2. The summed E-state index contributed by atoms with van der Waals surface area (Å²) in [6.07, 6.45) is 1.02. The van der Waals surface area contributed by atoms with Crippen LogP contribution in [0.25, 0.3) is 0 Å². The minimum Gasteiger partial charge on any atom is -0.294 e.